The molecule has 4 rings (SSSR count). The van der Waals surface area contributed by atoms with E-state index in [1.807, 2.05) is 0 Å². The zero-order valence-electron chi connectivity index (χ0n) is 10.1. The molecule has 0 aromatic carbocycles. The second kappa shape index (κ2) is 4.16. The summed E-state index contributed by atoms with van der Waals surface area (Å²) in [5, 5.41) is 19.9. The van der Waals surface area contributed by atoms with Gasteiger partial charge in [0.05, 0.1) is 12.9 Å². The van der Waals surface area contributed by atoms with Crippen molar-refractivity contribution >= 4 is 29.4 Å². The quantitative estimate of drug-likeness (QED) is 0.525. The number of nitrogen functional groups attached to an aromatic ring is 1. The van der Waals surface area contributed by atoms with Crippen molar-refractivity contribution in [2.45, 2.75) is 31.1 Å². The van der Waals surface area contributed by atoms with Crippen LogP contribution in [-0.4, -0.2) is 47.6 Å². The van der Waals surface area contributed by atoms with Crippen molar-refractivity contribution in [2.75, 3.05) is 5.73 Å². The van der Waals surface area contributed by atoms with E-state index in [1.165, 1.54) is 10.9 Å². The molecule has 2 aromatic heterocycles. The summed E-state index contributed by atoms with van der Waals surface area (Å²) >= 11 is 0. The molecule has 0 aliphatic carbocycles. The molecule has 0 amide bonds. The van der Waals surface area contributed by atoms with Gasteiger partial charge in [0, 0.05) is 0 Å². The van der Waals surface area contributed by atoms with Crippen molar-refractivity contribution in [3.63, 3.8) is 0 Å². The van der Waals surface area contributed by atoms with Crippen molar-refractivity contribution in [2.24, 2.45) is 0 Å². The minimum absolute atomic E-state index is 0. The van der Waals surface area contributed by atoms with Gasteiger partial charge in [0.15, 0.2) is 17.7 Å². The highest BCUT2D eigenvalue weighted by Crippen LogP contribution is 2.34. The largest absolute Gasteiger partial charge is 0.387 e. The van der Waals surface area contributed by atoms with E-state index in [2.05, 4.69) is 9.97 Å². The van der Waals surface area contributed by atoms with Crippen LogP contribution in [-0.2, 0) is 11.3 Å². The van der Waals surface area contributed by atoms with Gasteiger partial charge in [-0.25, -0.2) is 14.3 Å². The lowest BCUT2D eigenvalue weighted by Gasteiger charge is -2.19. The molecule has 10 heteroatoms. The topological polar surface area (TPSA) is 128 Å². The summed E-state index contributed by atoms with van der Waals surface area (Å²) in [6.45, 7) is 0.286. The fourth-order valence-electron chi connectivity index (χ4n) is 2.76. The molecule has 2 aliphatic rings. The van der Waals surface area contributed by atoms with Crippen LogP contribution in [0.4, 0.5) is 5.82 Å². The third-order valence-corrected chi connectivity index (χ3v) is 3.67. The third-order valence-electron chi connectivity index (χ3n) is 3.67. The summed E-state index contributed by atoms with van der Waals surface area (Å²) in [6, 6.07) is 0. The van der Waals surface area contributed by atoms with Gasteiger partial charge in [-0.3, -0.25) is 0 Å². The van der Waals surface area contributed by atoms with Crippen LogP contribution in [0.2, 0.25) is 0 Å². The Hall–Kier alpha value is -1.68. The number of rotatable bonds is 0. The molecule has 108 valence electrons. The third kappa shape index (κ3) is 1.45. The molecule has 20 heavy (non-hydrogen) atoms. The number of fused-ring (bicyclic) bond motifs is 3. The molecule has 2 bridgehead atoms. The van der Waals surface area contributed by atoms with Crippen molar-refractivity contribution in [3.05, 3.63) is 16.8 Å². The summed E-state index contributed by atoms with van der Waals surface area (Å²) < 4.78 is 8.40. The van der Waals surface area contributed by atoms with E-state index in [-0.39, 0.29) is 24.8 Å². The lowest BCUT2D eigenvalue weighted by Crippen LogP contribution is -2.39. The number of imidazole rings is 1. The minimum Gasteiger partial charge on any atom is -0.387 e. The summed E-state index contributed by atoms with van der Waals surface area (Å²) in [5.41, 5.74) is 5.88. The van der Waals surface area contributed by atoms with Gasteiger partial charge in [-0.05, 0) is 0 Å². The maximum Gasteiger partial charge on any atom is 0.353 e. The molecule has 0 radical (unpaired) electrons. The molecule has 4 N–H and O–H groups in total. The van der Waals surface area contributed by atoms with E-state index in [4.69, 9.17) is 10.5 Å². The molecule has 1 fully saturated rings. The second-order valence-corrected chi connectivity index (χ2v) is 4.77. The Morgan fingerprint density at radius 3 is 2.90 bits per heavy atom. The first-order chi connectivity index (χ1) is 9.08. The average Bonchev–Trinajstić information content (AvgIpc) is 2.82. The molecular weight excluding hydrogens is 290 g/mol. The van der Waals surface area contributed by atoms with Crippen LogP contribution in [0, 0.1) is 0 Å². The monoisotopic (exact) mass is 301 g/mol. The predicted molar refractivity (Wildman–Crippen MR) is 69.4 cm³/mol. The van der Waals surface area contributed by atoms with E-state index in [9.17, 15) is 15.0 Å². The number of hydrogen-bond acceptors (Lipinski definition) is 7. The first-order valence-electron chi connectivity index (χ1n) is 5.82. The van der Waals surface area contributed by atoms with E-state index in [1.54, 1.807) is 4.57 Å². The van der Waals surface area contributed by atoms with E-state index < -0.39 is 30.2 Å². The normalized spacial score (nSPS) is 31.1. The summed E-state index contributed by atoms with van der Waals surface area (Å²) in [4.78, 5) is 19.8. The number of aromatic nitrogens is 4. The van der Waals surface area contributed by atoms with E-state index >= 15 is 0 Å². The maximum absolute atomic E-state index is 12.0. The Bertz CT molecular complexity index is 743. The standard InChI is InChI=1S/C10H11N5O4.ClH/c11-7-4-8-14(2-12-4)1-3-5(16)6(17)9(19-3)15(8)10(18)13-7;/h2-3,5-6,9,16-17H,1H2,(H2,11,13,18);1H/t3-,5-,6-,9-;/m1./s1. The van der Waals surface area contributed by atoms with Crippen LogP contribution < -0.4 is 11.4 Å². The van der Waals surface area contributed by atoms with Crippen molar-refractivity contribution in [1.29, 1.82) is 0 Å². The molecule has 2 aromatic rings. The Balaban J connectivity index is 0.00000121. The average molecular weight is 302 g/mol. The smallest absolute Gasteiger partial charge is 0.353 e. The highest BCUT2D eigenvalue weighted by Gasteiger charge is 2.47. The molecule has 9 nitrogen and oxygen atoms in total. The van der Waals surface area contributed by atoms with Crippen LogP contribution in [0.15, 0.2) is 11.1 Å². The van der Waals surface area contributed by atoms with Crippen LogP contribution in [0.25, 0.3) is 11.2 Å². The van der Waals surface area contributed by atoms with E-state index in [0.717, 1.165) is 0 Å². The Labute approximate surface area is 118 Å². The van der Waals surface area contributed by atoms with Crippen LogP contribution in [0.3, 0.4) is 0 Å². The van der Waals surface area contributed by atoms with Gasteiger partial charge in [-0.1, -0.05) is 0 Å². The lowest BCUT2D eigenvalue weighted by molar-refractivity contribution is -0.0352. The number of halogens is 1. The number of aliphatic hydroxyl groups is 2. The Morgan fingerprint density at radius 1 is 1.40 bits per heavy atom. The minimum atomic E-state index is -1.18. The van der Waals surface area contributed by atoms with Gasteiger partial charge in [0.25, 0.3) is 0 Å². The summed E-state index contributed by atoms with van der Waals surface area (Å²) in [6.07, 6.45) is -2.29. The van der Waals surface area contributed by atoms with Gasteiger partial charge in [-0.2, -0.15) is 4.98 Å². The highest BCUT2D eigenvalue weighted by atomic mass is 35.5. The molecule has 0 unspecified atom stereocenters. The first-order valence-corrected chi connectivity index (χ1v) is 5.82. The first kappa shape index (κ1) is 13.3. The fraction of sp³-hybridized carbons (Fsp3) is 0.500. The molecule has 4 heterocycles. The lowest BCUT2D eigenvalue weighted by atomic mass is 10.1. The van der Waals surface area contributed by atoms with E-state index in [0.29, 0.717) is 11.2 Å². The molecule has 1 saturated heterocycles. The zero-order chi connectivity index (χ0) is 13.3. The highest BCUT2D eigenvalue weighted by molar-refractivity contribution is 5.85. The zero-order valence-corrected chi connectivity index (χ0v) is 10.9. The number of ether oxygens (including phenoxy) is 1. The number of nitrogens with zero attached hydrogens (tertiary/aromatic N) is 4. The Kier molecular flexibility index (Phi) is 2.77. The van der Waals surface area contributed by atoms with Gasteiger partial charge >= 0.3 is 5.69 Å². The van der Waals surface area contributed by atoms with Crippen LogP contribution >= 0.6 is 12.4 Å². The number of aliphatic hydroxyl groups excluding tert-OH is 2. The molecule has 2 aliphatic heterocycles. The molecule has 0 saturated carbocycles. The second-order valence-electron chi connectivity index (χ2n) is 4.77. The maximum atomic E-state index is 12.0. The van der Waals surface area contributed by atoms with Crippen molar-refractivity contribution in [1.82, 2.24) is 19.1 Å². The molecular formula is C10H12ClN5O4. The number of anilines is 1. The summed E-state index contributed by atoms with van der Waals surface area (Å²) in [5.74, 6) is 0.0443. The Morgan fingerprint density at radius 2 is 2.15 bits per heavy atom. The number of nitrogens with two attached hydrogens (primary N) is 1. The summed E-state index contributed by atoms with van der Waals surface area (Å²) in [7, 11) is 0. The molecule has 0 spiro atoms. The van der Waals surface area contributed by atoms with Crippen LogP contribution in [0.1, 0.15) is 6.23 Å². The van der Waals surface area contributed by atoms with Gasteiger partial charge in [-0.15, -0.1) is 12.4 Å². The van der Waals surface area contributed by atoms with Gasteiger partial charge in [0.2, 0.25) is 0 Å². The van der Waals surface area contributed by atoms with Gasteiger partial charge in [0.1, 0.15) is 23.8 Å². The van der Waals surface area contributed by atoms with Crippen molar-refractivity contribution < 1.29 is 14.9 Å². The molecule has 4 atom stereocenters. The van der Waals surface area contributed by atoms with Crippen molar-refractivity contribution in [3.8, 4) is 0 Å². The fourth-order valence-corrected chi connectivity index (χ4v) is 2.76. The SMILES string of the molecule is Cl.Nc1nc(=O)n2c3c1ncn3C[C@H]1O[C@@H]2[C@H](O)[C@@H]1O. The van der Waals surface area contributed by atoms with Gasteiger partial charge < -0.3 is 25.3 Å². The number of hydrogen-bond donors (Lipinski definition) is 3. The predicted octanol–water partition coefficient (Wildman–Crippen LogP) is -1.77. The van der Waals surface area contributed by atoms with Crippen LogP contribution in [0.5, 0.6) is 0 Å².